The first-order chi connectivity index (χ1) is 12.9. The second-order valence-electron chi connectivity index (χ2n) is 7.87. The fourth-order valence-electron chi connectivity index (χ4n) is 4.14. The van der Waals surface area contributed by atoms with Crippen LogP contribution in [0.2, 0.25) is 0 Å². The van der Waals surface area contributed by atoms with Crippen LogP contribution in [0.4, 0.5) is 0 Å². The number of sulfonamides is 1. The van der Waals surface area contributed by atoms with Gasteiger partial charge in [-0.05, 0) is 55.9 Å². The first-order valence-electron chi connectivity index (χ1n) is 10.1. The van der Waals surface area contributed by atoms with Gasteiger partial charge >= 0.3 is 0 Å². The Morgan fingerprint density at radius 2 is 1.93 bits per heavy atom. The van der Waals surface area contributed by atoms with Crippen LogP contribution >= 0.6 is 0 Å². The molecule has 1 aromatic carbocycles. The molecular formula is C20H32N3O3S+. The van der Waals surface area contributed by atoms with Gasteiger partial charge in [0.1, 0.15) is 0 Å². The van der Waals surface area contributed by atoms with Gasteiger partial charge in [-0.15, -0.1) is 0 Å². The third-order valence-corrected chi connectivity index (χ3v) is 7.57. The van der Waals surface area contributed by atoms with Crippen LogP contribution in [0.5, 0.6) is 0 Å². The topological polar surface area (TPSA) is 70.9 Å². The molecule has 6 nitrogen and oxygen atoms in total. The lowest BCUT2D eigenvalue weighted by Gasteiger charge is -2.31. The van der Waals surface area contributed by atoms with Crippen molar-refractivity contribution in [1.82, 2.24) is 9.62 Å². The number of hydrogen-bond acceptors (Lipinski definition) is 3. The number of amides is 1. The molecule has 150 valence electrons. The second-order valence-corrected chi connectivity index (χ2v) is 9.81. The van der Waals surface area contributed by atoms with Crippen LogP contribution in [0.25, 0.3) is 0 Å². The minimum atomic E-state index is -3.44. The molecule has 0 unspecified atom stereocenters. The molecule has 2 aliphatic rings. The molecule has 0 radical (unpaired) electrons. The van der Waals surface area contributed by atoms with E-state index in [9.17, 15) is 13.2 Å². The van der Waals surface area contributed by atoms with Crippen molar-refractivity contribution in [3.63, 3.8) is 0 Å². The molecular weight excluding hydrogens is 362 g/mol. The minimum absolute atomic E-state index is 0.0564. The zero-order chi connectivity index (χ0) is 19.4. The third-order valence-electron chi connectivity index (χ3n) is 5.68. The predicted molar refractivity (Wildman–Crippen MR) is 105 cm³/mol. The third kappa shape index (κ3) is 4.89. The molecule has 3 rings (SSSR count). The molecule has 0 saturated carbocycles. The highest BCUT2D eigenvalue weighted by atomic mass is 32.2. The highest BCUT2D eigenvalue weighted by Gasteiger charge is 2.31. The number of aryl methyl sites for hydroxylation is 2. The zero-order valence-electron chi connectivity index (χ0n) is 16.5. The molecule has 1 aliphatic carbocycles. The summed E-state index contributed by atoms with van der Waals surface area (Å²) in [5.41, 5.74) is 2.46. The summed E-state index contributed by atoms with van der Waals surface area (Å²) in [4.78, 5) is 13.7. The molecule has 7 heteroatoms. The highest BCUT2D eigenvalue weighted by molar-refractivity contribution is 7.89. The second kappa shape index (κ2) is 8.71. The summed E-state index contributed by atoms with van der Waals surface area (Å²) in [5.74, 6) is 0.0564. The van der Waals surface area contributed by atoms with Crippen LogP contribution in [-0.4, -0.2) is 57.4 Å². The lowest BCUT2D eigenvalue weighted by atomic mass is 10.1. The number of quaternary nitrogens is 1. The van der Waals surface area contributed by atoms with E-state index >= 15 is 0 Å². The summed E-state index contributed by atoms with van der Waals surface area (Å²) in [6.07, 6.45) is 5.17. The number of carbonyl (C=O) groups is 1. The number of carbonyl (C=O) groups excluding carboxylic acids is 1. The molecule has 2 N–H and O–H groups in total. The van der Waals surface area contributed by atoms with Gasteiger partial charge in [0.05, 0.1) is 31.1 Å². The average molecular weight is 395 g/mol. The van der Waals surface area contributed by atoms with E-state index < -0.39 is 10.0 Å². The van der Waals surface area contributed by atoms with Crippen molar-refractivity contribution in [3.05, 3.63) is 29.3 Å². The summed E-state index contributed by atoms with van der Waals surface area (Å²) >= 11 is 0. The molecule has 1 aromatic rings. The Hall–Kier alpha value is -1.44. The smallest absolute Gasteiger partial charge is 0.275 e. The summed E-state index contributed by atoms with van der Waals surface area (Å²) in [6.45, 7) is 6.81. The maximum atomic E-state index is 13.0. The van der Waals surface area contributed by atoms with Gasteiger partial charge in [0.2, 0.25) is 10.0 Å². The van der Waals surface area contributed by atoms with E-state index in [2.05, 4.69) is 12.2 Å². The largest absolute Gasteiger partial charge is 0.349 e. The van der Waals surface area contributed by atoms with Crippen LogP contribution in [0, 0.1) is 0 Å². The van der Waals surface area contributed by atoms with Crippen molar-refractivity contribution in [2.24, 2.45) is 0 Å². The Morgan fingerprint density at radius 3 is 2.63 bits per heavy atom. The lowest BCUT2D eigenvalue weighted by molar-refractivity contribution is -0.895. The number of benzene rings is 1. The molecule has 1 aliphatic heterocycles. The van der Waals surface area contributed by atoms with E-state index in [-0.39, 0.29) is 11.9 Å². The number of nitrogens with zero attached hydrogens (tertiary/aromatic N) is 1. The highest BCUT2D eigenvalue weighted by Crippen LogP contribution is 2.26. The normalized spacial score (nSPS) is 19.6. The van der Waals surface area contributed by atoms with Crippen molar-refractivity contribution in [2.45, 2.75) is 56.9 Å². The van der Waals surface area contributed by atoms with Gasteiger partial charge in [0, 0.05) is 6.04 Å². The van der Waals surface area contributed by atoms with Crippen LogP contribution in [-0.2, 0) is 27.7 Å². The van der Waals surface area contributed by atoms with Crippen molar-refractivity contribution in [1.29, 1.82) is 0 Å². The predicted octanol–water partition coefficient (Wildman–Crippen LogP) is 0.369. The molecule has 1 atom stereocenters. The minimum Gasteiger partial charge on any atom is -0.349 e. The monoisotopic (exact) mass is 394 g/mol. The molecule has 1 amide bonds. The number of piperazine rings is 1. The van der Waals surface area contributed by atoms with Crippen molar-refractivity contribution in [3.8, 4) is 0 Å². The van der Waals surface area contributed by atoms with Crippen LogP contribution in [0.15, 0.2) is 23.1 Å². The standard InChI is InChI=1S/C20H31N3O3S/c1-3-5-16(2)21-20(24)15-22-10-12-23(13-11-22)27(25,26)19-9-8-17-6-4-7-18(17)14-19/h8-9,14,16H,3-7,10-13,15H2,1-2H3,(H,21,24)/p+1/t16-/m0/s1. The first-order valence-corrected chi connectivity index (χ1v) is 11.6. The number of rotatable bonds is 7. The molecule has 0 aromatic heterocycles. The Morgan fingerprint density at radius 1 is 1.22 bits per heavy atom. The van der Waals surface area contributed by atoms with Crippen molar-refractivity contribution in [2.75, 3.05) is 32.7 Å². The van der Waals surface area contributed by atoms with E-state index in [1.165, 1.54) is 11.1 Å². The maximum Gasteiger partial charge on any atom is 0.275 e. The van der Waals surface area contributed by atoms with E-state index in [1.807, 2.05) is 19.1 Å². The fraction of sp³-hybridized carbons (Fsp3) is 0.650. The Kier molecular flexibility index (Phi) is 6.55. The fourth-order valence-corrected chi connectivity index (χ4v) is 5.63. The molecule has 1 saturated heterocycles. The van der Waals surface area contributed by atoms with Gasteiger partial charge in [0.25, 0.3) is 5.91 Å². The van der Waals surface area contributed by atoms with Gasteiger partial charge in [-0.3, -0.25) is 4.79 Å². The van der Waals surface area contributed by atoms with Gasteiger partial charge in [-0.1, -0.05) is 19.4 Å². The van der Waals surface area contributed by atoms with Gasteiger partial charge in [-0.25, -0.2) is 8.42 Å². The summed E-state index contributed by atoms with van der Waals surface area (Å²) in [5, 5.41) is 3.03. The van der Waals surface area contributed by atoms with Crippen LogP contribution in [0.3, 0.4) is 0 Å². The number of hydrogen-bond donors (Lipinski definition) is 2. The summed E-state index contributed by atoms with van der Waals surface area (Å²) in [7, 11) is -3.44. The Bertz CT molecular complexity index is 771. The van der Waals surface area contributed by atoms with Gasteiger partial charge < -0.3 is 10.2 Å². The van der Waals surface area contributed by atoms with E-state index in [4.69, 9.17) is 0 Å². The first kappa shape index (κ1) is 20.3. The van der Waals surface area contributed by atoms with Crippen molar-refractivity contribution >= 4 is 15.9 Å². The quantitative estimate of drug-likeness (QED) is 0.702. The Labute approximate surface area is 163 Å². The molecule has 1 heterocycles. The summed E-state index contributed by atoms with van der Waals surface area (Å²) < 4.78 is 27.5. The maximum absolute atomic E-state index is 13.0. The molecule has 0 bridgehead atoms. The SMILES string of the molecule is CCC[C@H](C)NC(=O)C[NH+]1CCN(S(=O)(=O)c2ccc3c(c2)CCC3)CC1. The van der Waals surface area contributed by atoms with Crippen LogP contribution in [0.1, 0.15) is 44.2 Å². The number of fused-ring (bicyclic) bond motifs is 1. The van der Waals surface area contributed by atoms with E-state index in [0.29, 0.717) is 37.6 Å². The number of nitrogens with one attached hydrogen (secondary N) is 2. The van der Waals surface area contributed by atoms with E-state index in [0.717, 1.165) is 37.0 Å². The Balaban J connectivity index is 1.54. The lowest BCUT2D eigenvalue weighted by Crippen LogP contribution is -3.15. The van der Waals surface area contributed by atoms with Crippen LogP contribution < -0.4 is 10.2 Å². The van der Waals surface area contributed by atoms with Gasteiger partial charge in [0.15, 0.2) is 6.54 Å². The van der Waals surface area contributed by atoms with Crippen molar-refractivity contribution < 1.29 is 18.1 Å². The molecule has 27 heavy (non-hydrogen) atoms. The van der Waals surface area contributed by atoms with E-state index in [1.54, 1.807) is 10.4 Å². The molecule has 1 fully saturated rings. The molecule has 0 spiro atoms. The summed E-state index contributed by atoms with van der Waals surface area (Å²) in [6, 6.07) is 5.78. The zero-order valence-corrected chi connectivity index (χ0v) is 17.3. The van der Waals surface area contributed by atoms with Gasteiger partial charge in [-0.2, -0.15) is 4.31 Å². The average Bonchev–Trinajstić information content (AvgIpc) is 3.10.